The summed E-state index contributed by atoms with van der Waals surface area (Å²) < 4.78 is 1.48. The van der Waals surface area contributed by atoms with Gasteiger partial charge in [-0.1, -0.05) is 25.6 Å². The van der Waals surface area contributed by atoms with Gasteiger partial charge in [-0.3, -0.25) is 4.79 Å². The lowest BCUT2D eigenvalue weighted by molar-refractivity contribution is -0.119. The van der Waals surface area contributed by atoms with E-state index in [1.54, 1.807) is 0 Å². The summed E-state index contributed by atoms with van der Waals surface area (Å²) in [5.41, 5.74) is 0. The number of carbonyl (C=O) groups is 1. The molecule has 0 aromatic carbocycles. The van der Waals surface area contributed by atoms with Gasteiger partial charge in [0.2, 0.25) is 11.1 Å². The molecule has 8 heteroatoms. The van der Waals surface area contributed by atoms with Gasteiger partial charge in [0, 0.05) is 6.04 Å². The van der Waals surface area contributed by atoms with Gasteiger partial charge in [0.05, 0.1) is 18.9 Å². The van der Waals surface area contributed by atoms with Gasteiger partial charge in [-0.25, -0.2) is 4.68 Å². The van der Waals surface area contributed by atoms with E-state index in [1.807, 2.05) is 6.92 Å². The molecule has 1 amide bonds. The van der Waals surface area contributed by atoms with E-state index >= 15 is 0 Å². The number of aliphatic hydroxyl groups is 1. The van der Waals surface area contributed by atoms with Crippen molar-refractivity contribution >= 4 is 17.7 Å². The van der Waals surface area contributed by atoms with E-state index in [-0.39, 0.29) is 24.3 Å². The largest absolute Gasteiger partial charge is 0.394 e. The highest BCUT2D eigenvalue weighted by Gasteiger charge is 2.13. The zero-order valence-corrected chi connectivity index (χ0v) is 11.6. The van der Waals surface area contributed by atoms with Crippen LogP contribution in [0.4, 0.5) is 0 Å². The number of aliphatic hydroxyl groups excluding tert-OH is 1. The van der Waals surface area contributed by atoms with E-state index in [0.717, 1.165) is 0 Å². The number of thioether (sulfide) groups is 1. The molecular formula is C10H19N5O2S. The third-order valence-electron chi connectivity index (χ3n) is 2.53. The molecule has 0 saturated carbocycles. The van der Waals surface area contributed by atoms with Gasteiger partial charge in [-0.05, 0) is 23.3 Å². The van der Waals surface area contributed by atoms with Gasteiger partial charge < -0.3 is 10.4 Å². The first-order chi connectivity index (χ1) is 8.54. The fourth-order valence-electron chi connectivity index (χ4n) is 1.13. The summed E-state index contributed by atoms with van der Waals surface area (Å²) >= 11 is 1.26. The zero-order chi connectivity index (χ0) is 13.5. The van der Waals surface area contributed by atoms with Crippen LogP contribution in [0.25, 0.3) is 0 Å². The van der Waals surface area contributed by atoms with Crippen LogP contribution in [0.1, 0.15) is 20.8 Å². The number of amides is 1. The van der Waals surface area contributed by atoms with Crippen LogP contribution >= 0.6 is 11.8 Å². The van der Waals surface area contributed by atoms with Gasteiger partial charge in [0.25, 0.3) is 0 Å². The predicted molar refractivity (Wildman–Crippen MR) is 68.1 cm³/mol. The molecule has 1 unspecified atom stereocenters. The third-order valence-corrected chi connectivity index (χ3v) is 3.49. The average Bonchev–Trinajstić information content (AvgIpc) is 2.74. The van der Waals surface area contributed by atoms with Crippen LogP contribution in [-0.4, -0.2) is 49.6 Å². The molecule has 2 N–H and O–H groups in total. The van der Waals surface area contributed by atoms with Gasteiger partial charge in [0.15, 0.2) is 0 Å². The van der Waals surface area contributed by atoms with Gasteiger partial charge in [-0.2, -0.15) is 0 Å². The van der Waals surface area contributed by atoms with E-state index in [9.17, 15) is 4.79 Å². The van der Waals surface area contributed by atoms with Crippen molar-refractivity contribution in [3.63, 3.8) is 0 Å². The molecule has 0 saturated heterocycles. The Balaban J connectivity index is 2.40. The average molecular weight is 273 g/mol. The molecule has 1 aromatic rings. The Morgan fingerprint density at radius 1 is 1.50 bits per heavy atom. The lowest BCUT2D eigenvalue weighted by Gasteiger charge is -2.16. The third kappa shape index (κ3) is 4.61. The number of carbonyl (C=O) groups excluding carboxylic acids is 1. The minimum atomic E-state index is -0.0419. The number of hydrogen-bond donors (Lipinski definition) is 2. The molecule has 1 heterocycles. The van der Waals surface area contributed by atoms with Crippen LogP contribution in [0.5, 0.6) is 0 Å². The molecule has 102 valence electrons. The normalized spacial score (nSPS) is 12.7. The van der Waals surface area contributed by atoms with Crippen molar-refractivity contribution in [1.82, 2.24) is 25.5 Å². The van der Waals surface area contributed by atoms with Crippen molar-refractivity contribution in [2.45, 2.75) is 38.5 Å². The second-order valence-electron chi connectivity index (χ2n) is 4.30. The number of rotatable bonds is 7. The SMILES string of the molecule is CC(C)C(C)NC(=O)CSc1nnnn1CCO. The van der Waals surface area contributed by atoms with Crippen LogP contribution in [-0.2, 0) is 11.3 Å². The van der Waals surface area contributed by atoms with Crippen LogP contribution in [0.2, 0.25) is 0 Å². The van der Waals surface area contributed by atoms with E-state index in [0.29, 0.717) is 17.6 Å². The minimum Gasteiger partial charge on any atom is -0.394 e. The molecule has 18 heavy (non-hydrogen) atoms. The molecule has 1 aromatic heterocycles. The molecular weight excluding hydrogens is 254 g/mol. The maximum atomic E-state index is 11.7. The zero-order valence-electron chi connectivity index (χ0n) is 10.8. The maximum Gasteiger partial charge on any atom is 0.230 e. The predicted octanol–water partition coefficient (Wildman–Crippen LogP) is -0.0818. The number of aromatic nitrogens is 4. The van der Waals surface area contributed by atoms with E-state index < -0.39 is 0 Å². The Bertz CT molecular complexity index is 382. The summed E-state index contributed by atoms with van der Waals surface area (Å²) in [7, 11) is 0. The van der Waals surface area contributed by atoms with Crippen molar-refractivity contribution in [3.05, 3.63) is 0 Å². The smallest absolute Gasteiger partial charge is 0.230 e. The Morgan fingerprint density at radius 3 is 2.83 bits per heavy atom. The fraction of sp³-hybridized carbons (Fsp3) is 0.800. The molecule has 0 radical (unpaired) electrons. The molecule has 0 spiro atoms. The minimum absolute atomic E-state index is 0.0326. The summed E-state index contributed by atoms with van der Waals surface area (Å²) in [5.74, 6) is 0.626. The first-order valence-corrected chi connectivity index (χ1v) is 6.82. The molecule has 0 aliphatic carbocycles. The van der Waals surface area contributed by atoms with Gasteiger partial charge in [-0.15, -0.1) is 5.10 Å². The second kappa shape index (κ2) is 7.32. The van der Waals surface area contributed by atoms with E-state index in [2.05, 4.69) is 34.7 Å². The van der Waals surface area contributed by atoms with Crippen LogP contribution in [0.3, 0.4) is 0 Å². The molecule has 7 nitrogen and oxygen atoms in total. The van der Waals surface area contributed by atoms with Crippen molar-refractivity contribution in [1.29, 1.82) is 0 Å². The summed E-state index contributed by atoms with van der Waals surface area (Å²) in [5, 5.41) is 23.3. The van der Waals surface area contributed by atoms with Crippen LogP contribution in [0.15, 0.2) is 5.16 Å². The number of nitrogens with zero attached hydrogens (tertiary/aromatic N) is 4. The number of nitrogens with one attached hydrogen (secondary N) is 1. The highest BCUT2D eigenvalue weighted by molar-refractivity contribution is 7.99. The standard InChI is InChI=1S/C10H19N5O2S/c1-7(2)8(3)11-9(17)6-18-10-12-13-14-15(10)4-5-16/h7-8,16H,4-6H2,1-3H3,(H,11,17). The summed E-state index contributed by atoms with van der Waals surface area (Å²) in [4.78, 5) is 11.7. The Morgan fingerprint density at radius 2 is 2.22 bits per heavy atom. The second-order valence-corrected chi connectivity index (χ2v) is 5.24. The Kier molecular flexibility index (Phi) is 6.06. The molecule has 0 aliphatic heterocycles. The number of hydrogen-bond acceptors (Lipinski definition) is 6. The molecule has 1 atom stereocenters. The van der Waals surface area contributed by atoms with E-state index in [1.165, 1.54) is 16.4 Å². The van der Waals surface area contributed by atoms with Gasteiger partial charge >= 0.3 is 0 Å². The molecule has 0 bridgehead atoms. The topological polar surface area (TPSA) is 92.9 Å². The van der Waals surface area contributed by atoms with Crippen molar-refractivity contribution in [3.8, 4) is 0 Å². The first-order valence-electron chi connectivity index (χ1n) is 5.83. The monoisotopic (exact) mass is 273 g/mol. The Hall–Kier alpha value is -1.15. The molecule has 0 aliphatic rings. The maximum absolute atomic E-state index is 11.7. The lowest BCUT2D eigenvalue weighted by Crippen LogP contribution is -2.37. The summed E-state index contributed by atoms with van der Waals surface area (Å²) in [6.07, 6.45) is 0. The van der Waals surface area contributed by atoms with E-state index in [4.69, 9.17) is 5.11 Å². The summed E-state index contributed by atoms with van der Waals surface area (Å²) in [6.45, 7) is 6.39. The molecule has 0 fully saturated rings. The number of tetrazole rings is 1. The first kappa shape index (κ1) is 14.9. The lowest BCUT2D eigenvalue weighted by atomic mass is 10.1. The highest BCUT2D eigenvalue weighted by atomic mass is 32.2. The van der Waals surface area contributed by atoms with Crippen LogP contribution < -0.4 is 5.32 Å². The van der Waals surface area contributed by atoms with Crippen molar-refractivity contribution in [2.24, 2.45) is 5.92 Å². The van der Waals surface area contributed by atoms with Crippen LogP contribution in [0, 0.1) is 5.92 Å². The summed E-state index contributed by atoms with van der Waals surface area (Å²) in [6, 6.07) is 0.145. The quantitative estimate of drug-likeness (QED) is 0.675. The molecule has 1 rings (SSSR count). The van der Waals surface area contributed by atoms with Gasteiger partial charge in [0.1, 0.15) is 0 Å². The highest BCUT2D eigenvalue weighted by Crippen LogP contribution is 2.13. The van der Waals surface area contributed by atoms with Crippen molar-refractivity contribution in [2.75, 3.05) is 12.4 Å². The Labute approximate surface area is 110 Å². The fourth-order valence-corrected chi connectivity index (χ4v) is 1.84. The van der Waals surface area contributed by atoms with Crippen molar-refractivity contribution < 1.29 is 9.90 Å².